The van der Waals surface area contributed by atoms with E-state index < -0.39 is 0 Å². The predicted molar refractivity (Wildman–Crippen MR) is 133 cm³/mol. The quantitative estimate of drug-likeness (QED) is 0.522. The van der Waals surface area contributed by atoms with Gasteiger partial charge in [-0.15, -0.1) is 11.3 Å². The molecule has 3 aromatic rings. The van der Waals surface area contributed by atoms with Gasteiger partial charge in [-0.3, -0.25) is 4.79 Å². The van der Waals surface area contributed by atoms with E-state index in [1.54, 1.807) is 11.3 Å². The lowest BCUT2D eigenvalue weighted by Crippen LogP contribution is -2.39. The molecule has 3 aliphatic rings. The topological polar surface area (TPSA) is 58.1 Å². The highest BCUT2D eigenvalue weighted by molar-refractivity contribution is 7.16. The first-order chi connectivity index (χ1) is 16.0. The highest BCUT2D eigenvalue weighted by atomic mass is 35.5. The van der Waals surface area contributed by atoms with Gasteiger partial charge in [-0.25, -0.2) is 9.97 Å². The molecule has 0 radical (unpaired) electrons. The fraction of sp³-hybridized carbons (Fsp3) is 0.500. The molecule has 7 heteroatoms. The molecule has 1 amide bonds. The molecular weight excluding hydrogens is 452 g/mol. The highest BCUT2D eigenvalue weighted by Crippen LogP contribution is 2.57. The Morgan fingerprint density at radius 1 is 1.09 bits per heavy atom. The van der Waals surface area contributed by atoms with Crippen LogP contribution in [0.2, 0.25) is 5.02 Å². The number of hydrogen-bond acceptors (Lipinski definition) is 5. The van der Waals surface area contributed by atoms with Gasteiger partial charge in [0.25, 0.3) is 5.91 Å². The summed E-state index contributed by atoms with van der Waals surface area (Å²) in [4.78, 5) is 25.6. The zero-order valence-electron chi connectivity index (χ0n) is 19.1. The lowest BCUT2D eigenvalue weighted by atomic mass is 9.95. The Balaban J connectivity index is 1.19. The van der Waals surface area contributed by atoms with E-state index in [2.05, 4.69) is 27.8 Å². The van der Waals surface area contributed by atoms with E-state index in [0.717, 1.165) is 53.0 Å². The Morgan fingerprint density at radius 3 is 2.76 bits per heavy atom. The molecule has 2 aromatic heterocycles. The van der Waals surface area contributed by atoms with Crippen molar-refractivity contribution in [3.63, 3.8) is 0 Å². The lowest BCUT2D eigenvalue weighted by Gasteiger charge is -2.29. The lowest BCUT2D eigenvalue weighted by molar-refractivity contribution is 0.0710. The summed E-state index contributed by atoms with van der Waals surface area (Å²) < 4.78 is 0. The number of hydrogen-bond donors (Lipinski definition) is 1. The molecule has 1 aliphatic carbocycles. The minimum atomic E-state index is 0.0741. The number of aromatic nitrogens is 2. The van der Waals surface area contributed by atoms with E-state index in [9.17, 15) is 4.79 Å². The van der Waals surface area contributed by atoms with Gasteiger partial charge in [-0.1, -0.05) is 17.7 Å². The average molecular weight is 481 g/mol. The third-order valence-corrected chi connectivity index (χ3v) is 9.00. The standard InChI is InChI=1S/C26H29ClN4OS/c1-14-28-24(20-9-10-33-25(20)29-14)22-13-21(22)19-8-3-15(11-23(19)27)26(32)31(2)18-7-6-16-4-5-17(12-18)30-16/h3,8-11,16-18,21-22,30H,4-7,12-13H2,1-2H3/t16-,17+,18-,21-,22+/m0/s1. The van der Waals surface area contributed by atoms with Crippen molar-refractivity contribution in [2.45, 2.75) is 75.4 Å². The van der Waals surface area contributed by atoms with E-state index in [4.69, 9.17) is 16.6 Å². The van der Waals surface area contributed by atoms with E-state index in [1.165, 1.54) is 12.8 Å². The summed E-state index contributed by atoms with van der Waals surface area (Å²) in [6.45, 7) is 1.96. The molecule has 1 saturated carbocycles. The molecule has 5 atom stereocenters. The number of nitrogens with zero attached hydrogens (tertiary/aromatic N) is 3. The Bertz CT molecular complexity index is 1230. The molecule has 3 fully saturated rings. The van der Waals surface area contributed by atoms with Crippen molar-refractivity contribution in [3.05, 3.63) is 57.3 Å². The van der Waals surface area contributed by atoms with E-state index in [-0.39, 0.29) is 5.91 Å². The molecule has 5 nitrogen and oxygen atoms in total. The first kappa shape index (κ1) is 21.5. The summed E-state index contributed by atoms with van der Waals surface area (Å²) in [6.07, 6.45) is 6.81. The van der Waals surface area contributed by atoms with Gasteiger partial charge in [0.1, 0.15) is 10.7 Å². The molecule has 172 valence electrons. The van der Waals surface area contributed by atoms with E-state index in [1.807, 2.05) is 31.0 Å². The van der Waals surface area contributed by atoms with Crippen molar-refractivity contribution in [1.82, 2.24) is 20.2 Å². The van der Waals surface area contributed by atoms with Gasteiger partial charge in [0.15, 0.2) is 0 Å². The Morgan fingerprint density at radius 2 is 1.91 bits per heavy atom. The normalized spacial score (nSPS) is 28.6. The second-order valence-corrected chi connectivity index (χ2v) is 11.3. The maximum absolute atomic E-state index is 13.3. The number of aryl methyl sites for hydroxylation is 1. The third-order valence-electron chi connectivity index (χ3n) is 7.86. The zero-order valence-corrected chi connectivity index (χ0v) is 20.6. The first-order valence-corrected chi connectivity index (χ1v) is 13.3. The minimum absolute atomic E-state index is 0.0741. The summed E-state index contributed by atoms with van der Waals surface area (Å²) in [7, 11) is 1.95. The van der Waals surface area contributed by atoms with Crippen LogP contribution >= 0.6 is 22.9 Å². The largest absolute Gasteiger partial charge is 0.339 e. The molecule has 2 saturated heterocycles. The van der Waals surface area contributed by atoms with Crippen molar-refractivity contribution in [3.8, 4) is 0 Å². The van der Waals surface area contributed by atoms with Crippen LogP contribution in [0.15, 0.2) is 29.6 Å². The van der Waals surface area contributed by atoms with Crippen LogP contribution in [0.25, 0.3) is 10.2 Å². The summed E-state index contributed by atoms with van der Waals surface area (Å²) >= 11 is 8.41. The molecule has 1 N–H and O–H groups in total. The predicted octanol–water partition coefficient (Wildman–Crippen LogP) is 5.67. The number of rotatable bonds is 4. The molecule has 1 aromatic carbocycles. The van der Waals surface area contributed by atoms with Crippen LogP contribution in [0.4, 0.5) is 0 Å². The summed E-state index contributed by atoms with van der Waals surface area (Å²) in [5, 5.41) is 7.65. The van der Waals surface area contributed by atoms with E-state index >= 15 is 0 Å². The van der Waals surface area contributed by atoms with Crippen molar-refractivity contribution in [2.75, 3.05) is 7.05 Å². The Hall–Kier alpha value is -2.02. The van der Waals surface area contributed by atoms with Gasteiger partial charge in [-0.05, 0) is 80.5 Å². The fourth-order valence-corrected chi connectivity index (χ4v) is 7.09. The maximum Gasteiger partial charge on any atom is 0.253 e. The molecule has 4 heterocycles. The number of benzene rings is 1. The summed E-state index contributed by atoms with van der Waals surface area (Å²) in [5.41, 5.74) is 2.94. The second kappa shape index (κ2) is 8.33. The molecule has 6 rings (SSSR count). The maximum atomic E-state index is 13.3. The van der Waals surface area contributed by atoms with Gasteiger partial charge >= 0.3 is 0 Å². The molecule has 0 unspecified atom stereocenters. The average Bonchev–Trinajstić information content (AvgIpc) is 3.29. The molecule has 0 spiro atoms. The summed E-state index contributed by atoms with van der Waals surface area (Å²) in [5.74, 6) is 1.60. The van der Waals surface area contributed by atoms with Gasteiger partial charge in [0, 0.05) is 47.1 Å². The van der Waals surface area contributed by atoms with Gasteiger partial charge < -0.3 is 10.2 Å². The molecule has 2 aliphatic heterocycles. The first-order valence-electron chi connectivity index (χ1n) is 12.0. The summed E-state index contributed by atoms with van der Waals surface area (Å²) in [6, 6.07) is 9.50. The van der Waals surface area contributed by atoms with Crippen LogP contribution in [0, 0.1) is 6.92 Å². The number of amides is 1. The number of carbonyl (C=O) groups is 1. The van der Waals surface area contributed by atoms with Crippen molar-refractivity contribution >= 4 is 39.1 Å². The van der Waals surface area contributed by atoms with Crippen molar-refractivity contribution < 1.29 is 4.79 Å². The minimum Gasteiger partial charge on any atom is -0.339 e. The highest BCUT2D eigenvalue weighted by Gasteiger charge is 2.43. The van der Waals surface area contributed by atoms with Crippen LogP contribution in [0.1, 0.15) is 77.8 Å². The molecular formula is C26H29ClN4OS. The second-order valence-electron chi connectivity index (χ2n) is 10.0. The van der Waals surface area contributed by atoms with Crippen LogP contribution in [-0.2, 0) is 0 Å². The van der Waals surface area contributed by atoms with Crippen LogP contribution in [0.3, 0.4) is 0 Å². The number of halogens is 1. The van der Waals surface area contributed by atoms with Gasteiger partial charge in [0.2, 0.25) is 0 Å². The molecule has 2 bridgehead atoms. The number of thiophene rings is 1. The monoisotopic (exact) mass is 480 g/mol. The number of fused-ring (bicyclic) bond motifs is 3. The third kappa shape index (κ3) is 3.96. The Kier molecular flexibility index (Phi) is 5.43. The SMILES string of the molecule is Cc1nc([C@@H]2C[C@H]2c2ccc(C(=O)N(C)[C@H]3CC[C@@H]4CC[C@H](C3)N4)cc2Cl)c2ccsc2n1. The smallest absolute Gasteiger partial charge is 0.253 e. The van der Waals surface area contributed by atoms with Gasteiger partial charge in [0.05, 0.1) is 5.69 Å². The van der Waals surface area contributed by atoms with Gasteiger partial charge in [-0.2, -0.15) is 0 Å². The van der Waals surface area contributed by atoms with Crippen LogP contribution < -0.4 is 5.32 Å². The van der Waals surface area contributed by atoms with Crippen molar-refractivity contribution in [1.29, 1.82) is 0 Å². The van der Waals surface area contributed by atoms with Crippen LogP contribution in [0.5, 0.6) is 0 Å². The van der Waals surface area contributed by atoms with E-state index in [0.29, 0.717) is 40.5 Å². The number of carbonyl (C=O) groups excluding carboxylic acids is 1. The molecule has 33 heavy (non-hydrogen) atoms. The van der Waals surface area contributed by atoms with Crippen LogP contribution in [-0.4, -0.2) is 45.9 Å². The Labute approximate surface area is 203 Å². The van der Waals surface area contributed by atoms with Crippen molar-refractivity contribution in [2.24, 2.45) is 0 Å². The zero-order chi connectivity index (χ0) is 22.7. The fourth-order valence-electron chi connectivity index (χ4n) is 5.95. The number of nitrogens with one attached hydrogen (secondary N) is 1.